The van der Waals surface area contributed by atoms with Crippen LogP contribution in [0.1, 0.15) is 18.5 Å². The van der Waals surface area contributed by atoms with Crippen LogP contribution in [0.15, 0.2) is 36.5 Å². The van der Waals surface area contributed by atoms with Crippen molar-refractivity contribution in [3.8, 4) is 0 Å². The van der Waals surface area contributed by atoms with Crippen LogP contribution in [-0.4, -0.2) is 18.6 Å². The summed E-state index contributed by atoms with van der Waals surface area (Å²) in [5.74, 6) is -1.16. The number of urea groups is 1. The van der Waals surface area contributed by atoms with Crippen molar-refractivity contribution in [1.82, 2.24) is 10.6 Å². The number of hydrogen-bond acceptors (Lipinski definition) is 3. The second kappa shape index (κ2) is 5.96. The minimum atomic E-state index is -0.715. The fourth-order valence-corrected chi connectivity index (χ4v) is 2.43. The molecule has 1 aromatic carbocycles. The van der Waals surface area contributed by atoms with Gasteiger partial charge >= 0.3 is 12.0 Å². The Labute approximate surface area is 121 Å². The van der Waals surface area contributed by atoms with Crippen LogP contribution in [0.4, 0.5) is 4.79 Å². The number of halogens is 1. The summed E-state index contributed by atoms with van der Waals surface area (Å²) in [5.41, 5.74) is 0.959. The Hall–Kier alpha value is -2.01. The number of rotatable bonds is 3. The molecular formula is C14H15ClN2O3. The molecule has 0 spiro atoms. The van der Waals surface area contributed by atoms with E-state index in [-0.39, 0.29) is 6.61 Å². The Morgan fingerprint density at radius 1 is 1.45 bits per heavy atom. The van der Waals surface area contributed by atoms with Gasteiger partial charge in [-0.25, -0.2) is 4.79 Å². The maximum Gasteiger partial charge on any atom is 0.319 e. The van der Waals surface area contributed by atoms with E-state index in [9.17, 15) is 9.59 Å². The average Bonchev–Trinajstić information content (AvgIpc) is 2.38. The van der Waals surface area contributed by atoms with E-state index in [4.69, 9.17) is 16.3 Å². The second-order valence-corrected chi connectivity index (χ2v) is 4.76. The highest BCUT2D eigenvalue weighted by Gasteiger charge is 2.39. The zero-order valence-corrected chi connectivity index (χ0v) is 11.7. The van der Waals surface area contributed by atoms with E-state index >= 15 is 0 Å². The lowest BCUT2D eigenvalue weighted by molar-refractivity contribution is -0.147. The van der Waals surface area contributed by atoms with Crippen molar-refractivity contribution in [3.63, 3.8) is 0 Å². The summed E-state index contributed by atoms with van der Waals surface area (Å²) in [6.07, 6.45) is 0. The summed E-state index contributed by atoms with van der Waals surface area (Å²) in [6, 6.07) is 6.03. The summed E-state index contributed by atoms with van der Waals surface area (Å²) in [5, 5.41) is 5.67. The molecule has 20 heavy (non-hydrogen) atoms. The number of nitrogens with one attached hydrogen (secondary N) is 2. The van der Waals surface area contributed by atoms with Gasteiger partial charge in [-0.3, -0.25) is 4.79 Å². The van der Waals surface area contributed by atoms with Gasteiger partial charge in [-0.05, 0) is 18.6 Å². The monoisotopic (exact) mass is 294 g/mol. The highest BCUT2D eigenvalue weighted by molar-refractivity contribution is 6.31. The van der Waals surface area contributed by atoms with Gasteiger partial charge in [0.2, 0.25) is 0 Å². The average molecular weight is 295 g/mol. The first-order valence-electron chi connectivity index (χ1n) is 6.22. The van der Waals surface area contributed by atoms with Crippen LogP contribution < -0.4 is 10.6 Å². The van der Waals surface area contributed by atoms with Gasteiger partial charge in [0.15, 0.2) is 0 Å². The van der Waals surface area contributed by atoms with E-state index in [1.807, 2.05) is 0 Å². The minimum absolute atomic E-state index is 0.256. The number of hydrogen-bond donors (Lipinski definition) is 2. The third-order valence-corrected chi connectivity index (χ3v) is 3.39. The molecule has 0 radical (unpaired) electrons. The second-order valence-electron chi connectivity index (χ2n) is 4.35. The molecule has 1 aliphatic rings. The van der Waals surface area contributed by atoms with Crippen molar-refractivity contribution in [3.05, 3.63) is 47.1 Å². The van der Waals surface area contributed by atoms with E-state index in [0.717, 1.165) is 0 Å². The molecular weight excluding hydrogens is 280 g/mol. The molecule has 2 amide bonds. The maximum absolute atomic E-state index is 12.1. The quantitative estimate of drug-likeness (QED) is 0.841. The molecule has 1 fully saturated rings. The molecule has 0 unspecified atom stereocenters. The van der Waals surface area contributed by atoms with E-state index in [1.165, 1.54) is 0 Å². The van der Waals surface area contributed by atoms with Crippen LogP contribution in [0.5, 0.6) is 0 Å². The molecule has 0 aromatic heterocycles. The van der Waals surface area contributed by atoms with Crippen molar-refractivity contribution in [2.24, 2.45) is 5.92 Å². The molecule has 0 bridgehead atoms. The van der Waals surface area contributed by atoms with Crippen molar-refractivity contribution in [1.29, 1.82) is 0 Å². The molecule has 1 aromatic rings. The Morgan fingerprint density at radius 2 is 2.15 bits per heavy atom. The lowest BCUT2D eigenvalue weighted by atomic mass is 9.89. The fourth-order valence-electron chi connectivity index (χ4n) is 2.18. The summed E-state index contributed by atoms with van der Waals surface area (Å²) in [7, 11) is 0. The van der Waals surface area contributed by atoms with Gasteiger partial charge in [-0.15, -0.1) is 0 Å². The molecule has 1 aliphatic heterocycles. The highest BCUT2D eigenvalue weighted by Crippen LogP contribution is 2.33. The Kier molecular flexibility index (Phi) is 4.29. The third-order valence-electron chi connectivity index (χ3n) is 3.05. The molecule has 106 valence electrons. The van der Waals surface area contributed by atoms with Crippen molar-refractivity contribution in [2.75, 3.05) is 6.61 Å². The summed E-state index contributed by atoms with van der Waals surface area (Å²) in [4.78, 5) is 23.7. The SMILES string of the molecule is C=C1NC(=O)N[C@H](c2ccccc2Cl)[C@@H]1C(=O)OCC. The predicted octanol–water partition coefficient (Wildman–Crippen LogP) is 2.39. The van der Waals surface area contributed by atoms with Crippen LogP contribution in [0, 0.1) is 5.92 Å². The van der Waals surface area contributed by atoms with E-state index in [1.54, 1.807) is 31.2 Å². The molecule has 0 aliphatic carbocycles. The molecule has 6 heteroatoms. The van der Waals surface area contributed by atoms with Crippen LogP contribution in [-0.2, 0) is 9.53 Å². The van der Waals surface area contributed by atoms with Gasteiger partial charge in [0, 0.05) is 10.7 Å². The van der Waals surface area contributed by atoms with Crippen LogP contribution in [0.2, 0.25) is 5.02 Å². The standard InChI is InChI=1S/C14H15ClN2O3/c1-3-20-13(18)11-8(2)16-14(19)17-12(11)9-6-4-5-7-10(9)15/h4-7,11-12H,2-3H2,1H3,(H2,16,17,19)/t11-,12-/m1/s1. The number of carbonyl (C=O) groups is 2. The van der Waals surface area contributed by atoms with Crippen molar-refractivity contribution in [2.45, 2.75) is 13.0 Å². The van der Waals surface area contributed by atoms with Gasteiger partial charge in [-0.2, -0.15) is 0 Å². The molecule has 1 heterocycles. The van der Waals surface area contributed by atoms with Gasteiger partial charge < -0.3 is 15.4 Å². The maximum atomic E-state index is 12.1. The van der Waals surface area contributed by atoms with Crippen molar-refractivity contribution < 1.29 is 14.3 Å². The van der Waals surface area contributed by atoms with Crippen LogP contribution in [0.3, 0.4) is 0 Å². The summed E-state index contributed by atoms with van der Waals surface area (Å²) >= 11 is 6.15. The minimum Gasteiger partial charge on any atom is -0.465 e. The highest BCUT2D eigenvalue weighted by atomic mass is 35.5. The van der Waals surface area contributed by atoms with Gasteiger partial charge in [0.25, 0.3) is 0 Å². The van der Waals surface area contributed by atoms with Crippen LogP contribution >= 0.6 is 11.6 Å². The molecule has 1 saturated heterocycles. The zero-order chi connectivity index (χ0) is 14.7. The van der Waals surface area contributed by atoms with Gasteiger partial charge in [-0.1, -0.05) is 36.4 Å². The lowest BCUT2D eigenvalue weighted by Crippen LogP contribution is -2.51. The smallest absolute Gasteiger partial charge is 0.319 e. The molecule has 2 atom stereocenters. The zero-order valence-electron chi connectivity index (χ0n) is 11.0. The van der Waals surface area contributed by atoms with E-state index in [0.29, 0.717) is 16.3 Å². The van der Waals surface area contributed by atoms with Gasteiger partial charge in [0.1, 0.15) is 5.92 Å². The van der Waals surface area contributed by atoms with Crippen LogP contribution in [0.25, 0.3) is 0 Å². The first-order chi connectivity index (χ1) is 9.54. The summed E-state index contributed by atoms with van der Waals surface area (Å²) in [6.45, 7) is 5.72. The Morgan fingerprint density at radius 3 is 2.80 bits per heavy atom. The largest absolute Gasteiger partial charge is 0.465 e. The lowest BCUT2D eigenvalue weighted by Gasteiger charge is -2.33. The molecule has 5 nitrogen and oxygen atoms in total. The van der Waals surface area contributed by atoms with E-state index in [2.05, 4.69) is 17.2 Å². The number of ether oxygens (including phenoxy) is 1. The summed E-state index contributed by atoms with van der Waals surface area (Å²) < 4.78 is 5.04. The Balaban J connectivity index is 2.39. The first-order valence-corrected chi connectivity index (χ1v) is 6.59. The number of amides is 2. The normalized spacial score (nSPS) is 21.9. The fraction of sp³-hybridized carbons (Fsp3) is 0.286. The molecule has 2 N–H and O–H groups in total. The topological polar surface area (TPSA) is 67.4 Å². The molecule has 0 saturated carbocycles. The van der Waals surface area contributed by atoms with E-state index < -0.39 is 24.0 Å². The number of benzene rings is 1. The Bertz CT molecular complexity index is 559. The molecule has 2 rings (SSSR count). The third kappa shape index (κ3) is 2.77. The predicted molar refractivity (Wildman–Crippen MR) is 75.1 cm³/mol. The number of esters is 1. The van der Waals surface area contributed by atoms with Crippen molar-refractivity contribution >= 4 is 23.6 Å². The van der Waals surface area contributed by atoms with Gasteiger partial charge in [0.05, 0.1) is 12.6 Å². The first kappa shape index (κ1) is 14.4. The number of carbonyl (C=O) groups excluding carboxylic acids is 2.